The van der Waals surface area contributed by atoms with E-state index >= 15 is 0 Å². The number of hydrogen-bond acceptors (Lipinski definition) is 2. The van der Waals surface area contributed by atoms with Gasteiger partial charge in [-0.1, -0.05) is 41.9 Å². The fraction of sp³-hybridized carbons (Fsp3) is 0.381. The topological polar surface area (TPSA) is 27.0 Å². The van der Waals surface area contributed by atoms with Gasteiger partial charge in [0.05, 0.1) is 6.07 Å². The molecule has 1 unspecified atom stereocenters. The lowest BCUT2D eigenvalue weighted by molar-refractivity contribution is 0.379. The third-order valence-electron chi connectivity index (χ3n) is 5.02. The average molecular weight is 339 g/mol. The van der Waals surface area contributed by atoms with Gasteiger partial charge in [-0.15, -0.1) is 0 Å². The Kier molecular flexibility index (Phi) is 4.94. The quantitative estimate of drug-likeness (QED) is 0.815. The van der Waals surface area contributed by atoms with Crippen molar-refractivity contribution in [3.8, 4) is 6.07 Å². The van der Waals surface area contributed by atoms with Crippen LogP contribution in [0.2, 0.25) is 5.02 Å². The van der Waals surface area contributed by atoms with Gasteiger partial charge in [0.2, 0.25) is 0 Å². The number of aryl methyl sites for hydroxylation is 2. The number of benzene rings is 2. The summed E-state index contributed by atoms with van der Waals surface area (Å²) in [7, 11) is 4.15. The van der Waals surface area contributed by atoms with E-state index < -0.39 is 5.41 Å². The van der Waals surface area contributed by atoms with Gasteiger partial charge in [-0.3, -0.25) is 0 Å². The number of nitrogens with zero attached hydrogens (tertiary/aromatic N) is 2. The predicted molar refractivity (Wildman–Crippen MR) is 99.5 cm³/mol. The number of rotatable bonds is 4. The highest BCUT2D eigenvalue weighted by molar-refractivity contribution is 6.30. The van der Waals surface area contributed by atoms with Crippen molar-refractivity contribution in [1.82, 2.24) is 4.90 Å². The molecule has 2 nitrogen and oxygen atoms in total. The minimum Gasteiger partial charge on any atom is -0.309 e. The Morgan fingerprint density at radius 2 is 1.79 bits per heavy atom. The molecule has 0 N–H and O–H groups in total. The molecular formula is C21H23ClN2. The van der Waals surface area contributed by atoms with Gasteiger partial charge < -0.3 is 4.90 Å². The third-order valence-corrected chi connectivity index (χ3v) is 5.26. The first-order chi connectivity index (χ1) is 11.6. The zero-order valence-electron chi connectivity index (χ0n) is 14.3. The summed E-state index contributed by atoms with van der Waals surface area (Å²) >= 11 is 6.31. The van der Waals surface area contributed by atoms with Crippen molar-refractivity contribution in [2.75, 3.05) is 20.6 Å². The van der Waals surface area contributed by atoms with Gasteiger partial charge in [-0.2, -0.15) is 5.26 Å². The monoisotopic (exact) mass is 338 g/mol. The number of hydrogen-bond donors (Lipinski definition) is 0. The maximum Gasteiger partial charge on any atom is 0.108 e. The van der Waals surface area contributed by atoms with E-state index in [0.717, 1.165) is 43.4 Å². The van der Waals surface area contributed by atoms with E-state index in [1.807, 2.05) is 18.2 Å². The summed E-state index contributed by atoms with van der Waals surface area (Å²) < 4.78 is 0. The third kappa shape index (κ3) is 3.07. The Hall–Kier alpha value is -1.82. The first-order valence-electron chi connectivity index (χ1n) is 8.50. The highest BCUT2D eigenvalue weighted by atomic mass is 35.5. The fourth-order valence-corrected chi connectivity index (χ4v) is 4.01. The van der Waals surface area contributed by atoms with Crippen LogP contribution in [0.1, 0.15) is 35.1 Å². The molecule has 1 atom stereocenters. The second-order valence-electron chi connectivity index (χ2n) is 6.88. The first kappa shape index (κ1) is 17.0. The van der Waals surface area contributed by atoms with Crippen molar-refractivity contribution < 1.29 is 0 Å². The minimum atomic E-state index is -0.608. The van der Waals surface area contributed by atoms with Crippen molar-refractivity contribution in [3.63, 3.8) is 0 Å². The summed E-state index contributed by atoms with van der Waals surface area (Å²) in [6.07, 6.45) is 3.72. The molecule has 24 heavy (non-hydrogen) atoms. The van der Waals surface area contributed by atoms with Crippen LogP contribution in [0.25, 0.3) is 0 Å². The molecule has 0 heterocycles. The molecule has 0 aliphatic heterocycles. The molecular weight excluding hydrogens is 316 g/mol. The molecule has 0 spiro atoms. The predicted octanol–water partition coefficient (Wildman–Crippen LogP) is 4.59. The SMILES string of the molecule is CN(C)CCCC1(C#N)c2ccccc2CCc2ccc(Cl)cc21. The molecule has 1 aliphatic rings. The lowest BCUT2D eigenvalue weighted by atomic mass is 9.70. The lowest BCUT2D eigenvalue weighted by Crippen LogP contribution is -2.29. The molecule has 124 valence electrons. The van der Waals surface area contributed by atoms with E-state index in [1.54, 1.807) is 0 Å². The van der Waals surface area contributed by atoms with Gasteiger partial charge >= 0.3 is 0 Å². The summed E-state index contributed by atoms with van der Waals surface area (Å²) in [5.41, 5.74) is 4.19. The van der Waals surface area contributed by atoms with E-state index in [-0.39, 0.29) is 0 Å². The van der Waals surface area contributed by atoms with Gasteiger partial charge in [0.25, 0.3) is 0 Å². The van der Waals surface area contributed by atoms with Gasteiger partial charge in [0.1, 0.15) is 5.41 Å². The molecule has 0 fully saturated rings. The van der Waals surface area contributed by atoms with Crippen molar-refractivity contribution in [2.24, 2.45) is 0 Å². The van der Waals surface area contributed by atoms with Gasteiger partial charge in [-0.25, -0.2) is 0 Å². The molecule has 1 aliphatic carbocycles. The molecule has 3 heteroatoms. The summed E-state index contributed by atoms with van der Waals surface area (Å²) in [6.45, 7) is 0.974. The molecule has 0 amide bonds. The first-order valence-corrected chi connectivity index (χ1v) is 8.88. The van der Waals surface area contributed by atoms with Gasteiger partial charge in [-0.05, 0) is 80.7 Å². The maximum atomic E-state index is 10.3. The molecule has 0 bridgehead atoms. The second kappa shape index (κ2) is 6.97. The normalized spacial score (nSPS) is 19.3. The van der Waals surface area contributed by atoms with E-state index in [0.29, 0.717) is 5.02 Å². The van der Waals surface area contributed by atoms with Crippen LogP contribution in [0.4, 0.5) is 0 Å². The highest BCUT2D eigenvalue weighted by Gasteiger charge is 2.39. The van der Waals surface area contributed by atoms with Gasteiger partial charge in [0.15, 0.2) is 0 Å². The second-order valence-corrected chi connectivity index (χ2v) is 7.32. The molecule has 0 aromatic heterocycles. The van der Waals surface area contributed by atoms with Crippen LogP contribution in [0, 0.1) is 11.3 Å². The van der Waals surface area contributed by atoms with E-state index in [2.05, 4.69) is 49.3 Å². The maximum absolute atomic E-state index is 10.3. The highest BCUT2D eigenvalue weighted by Crippen LogP contribution is 2.43. The molecule has 2 aromatic rings. The Morgan fingerprint density at radius 3 is 2.50 bits per heavy atom. The van der Waals surface area contributed by atoms with E-state index in [4.69, 9.17) is 11.6 Å². The van der Waals surface area contributed by atoms with Crippen LogP contribution in [0.3, 0.4) is 0 Å². The summed E-state index contributed by atoms with van der Waals surface area (Å²) in [5.74, 6) is 0. The van der Waals surface area contributed by atoms with Crippen molar-refractivity contribution >= 4 is 11.6 Å². The Balaban J connectivity index is 2.17. The van der Waals surface area contributed by atoms with Crippen LogP contribution >= 0.6 is 11.6 Å². The molecule has 0 radical (unpaired) electrons. The van der Waals surface area contributed by atoms with E-state index in [1.165, 1.54) is 11.1 Å². The molecule has 0 saturated heterocycles. The molecule has 3 rings (SSSR count). The summed E-state index contributed by atoms with van der Waals surface area (Å²) in [6, 6.07) is 17.2. The Labute approximate surface area is 149 Å². The standard InChI is InChI=1S/C21H23ClN2/c1-24(2)13-5-12-21(15-23)19-7-4-3-6-16(19)8-9-17-10-11-18(22)14-20(17)21/h3-4,6-7,10-11,14H,5,8-9,12-13H2,1-2H3. The minimum absolute atomic E-state index is 0.608. The fourth-order valence-electron chi connectivity index (χ4n) is 3.84. The zero-order chi connectivity index (χ0) is 17.2. The van der Waals surface area contributed by atoms with Crippen LogP contribution in [-0.2, 0) is 18.3 Å². The van der Waals surface area contributed by atoms with Crippen LogP contribution in [0.5, 0.6) is 0 Å². The van der Waals surface area contributed by atoms with Crippen LogP contribution < -0.4 is 0 Å². The largest absolute Gasteiger partial charge is 0.309 e. The number of halogens is 1. The summed E-state index contributed by atoms with van der Waals surface area (Å²) in [5, 5.41) is 11.0. The van der Waals surface area contributed by atoms with Crippen molar-refractivity contribution in [2.45, 2.75) is 31.1 Å². The van der Waals surface area contributed by atoms with Crippen LogP contribution in [-0.4, -0.2) is 25.5 Å². The van der Waals surface area contributed by atoms with Crippen molar-refractivity contribution in [3.05, 3.63) is 69.7 Å². The average Bonchev–Trinajstić information content (AvgIpc) is 2.70. The van der Waals surface area contributed by atoms with Crippen LogP contribution in [0.15, 0.2) is 42.5 Å². The van der Waals surface area contributed by atoms with E-state index in [9.17, 15) is 5.26 Å². The Bertz CT molecular complexity index is 776. The smallest absolute Gasteiger partial charge is 0.108 e. The summed E-state index contributed by atoms with van der Waals surface area (Å²) in [4.78, 5) is 2.17. The number of nitriles is 1. The van der Waals surface area contributed by atoms with Crippen molar-refractivity contribution in [1.29, 1.82) is 5.26 Å². The van der Waals surface area contributed by atoms with Gasteiger partial charge in [0, 0.05) is 5.02 Å². The molecule has 2 aromatic carbocycles. The molecule has 0 saturated carbocycles. The lowest BCUT2D eigenvalue weighted by Gasteiger charge is -2.30. The Morgan fingerprint density at radius 1 is 1.08 bits per heavy atom. The number of fused-ring (bicyclic) bond motifs is 2. The zero-order valence-corrected chi connectivity index (χ0v) is 15.1.